The van der Waals surface area contributed by atoms with Crippen LogP contribution in [-0.2, 0) is 31.2 Å². The van der Waals surface area contributed by atoms with Gasteiger partial charge in [-0.2, -0.15) is 0 Å². The lowest BCUT2D eigenvalue weighted by Gasteiger charge is -2.80. The van der Waals surface area contributed by atoms with Crippen LogP contribution in [0.25, 0.3) is 0 Å². The average molecular weight is 547 g/mol. The number of esters is 1. The summed E-state index contributed by atoms with van der Waals surface area (Å²) >= 11 is 0. The van der Waals surface area contributed by atoms with E-state index >= 15 is 0 Å². The molecule has 0 radical (unpaired) electrons. The normalized spacial score (nSPS) is 27.4. The molecule has 3 heterocycles. The van der Waals surface area contributed by atoms with Gasteiger partial charge in [0, 0.05) is 36.8 Å². The van der Waals surface area contributed by atoms with Crippen molar-refractivity contribution in [1.82, 2.24) is 0 Å². The third kappa shape index (κ3) is 3.39. The zero-order valence-electron chi connectivity index (χ0n) is 22.4. The summed E-state index contributed by atoms with van der Waals surface area (Å²) in [6.45, 7) is 3.61. The molecule has 7 rings (SSSR count). The van der Waals surface area contributed by atoms with E-state index in [2.05, 4.69) is 0 Å². The topological polar surface area (TPSA) is 105 Å². The monoisotopic (exact) mass is 546 g/mol. The van der Waals surface area contributed by atoms with Gasteiger partial charge in [-0.1, -0.05) is 60.7 Å². The van der Waals surface area contributed by atoms with Crippen LogP contribution in [-0.4, -0.2) is 47.9 Å². The maximum Gasteiger partial charge on any atom is 0.519 e. The van der Waals surface area contributed by atoms with Crippen molar-refractivity contribution in [3.05, 3.63) is 93.9 Å². The van der Waals surface area contributed by atoms with Gasteiger partial charge in [-0.3, -0.25) is 0 Å². The molecule has 0 bridgehead atoms. The SMILES string of the molecule is Cc1oc(=O)oc1COC(=O)OC(C(=O)OC1CC2C13CCC3[N+]21CCCC1)(c1ccccc1)c1ccccc1. The van der Waals surface area contributed by atoms with Gasteiger partial charge in [0.2, 0.25) is 0 Å². The molecule has 4 unspecified atom stereocenters. The molecule has 9 nitrogen and oxygen atoms in total. The predicted octanol–water partition coefficient (Wildman–Crippen LogP) is 4.60. The van der Waals surface area contributed by atoms with E-state index in [0.717, 1.165) is 12.8 Å². The molecule has 0 N–H and O–H groups in total. The van der Waals surface area contributed by atoms with Gasteiger partial charge in [0.15, 0.2) is 18.1 Å². The van der Waals surface area contributed by atoms with E-state index in [1.54, 1.807) is 48.5 Å². The average Bonchev–Trinajstić information content (AvgIpc) is 3.54. The first kappa shape index (κ1) is 25.1. The fourth-order valence-corrected chi connectivity index (χ4v) is 8.24. The number of ether oxygens (including phenoxy) is 3. The molecule has 2 aliphatic heterocycles. The largest absolute Gasteiger partial charge is 0.519 e. The van der Waals surface area contributed by atoms with Crippen molar-refractivity contribution in [1.29, 1.82) is 0 Å². The number of hydrogen-bond acceptors (Lipinski definition) is 8. The van der Waals surface area contributed by atoms with Gasteiger partial charge in [0.1, 0.15) is 23.6 Å². The Labute approximate surface area is 231 Å². The van der Waals surface area contributed by atoms with Crippen molar-refractivity contribution in [3.8, 4) is 0 Å². The van der Waals surface area contributed by atoms with Gasteiger partial charge < -0.3 is 27.5 Å². The van der Waals surface area contributed by atoms with Crippen LogP contribution in [0.3, 0.4) is 0 Å². The molecule has 3 aromatic rings. The maximum atomic E-state index is 14.4. The lowest BCUT2D eigenvalue weighted by Crippen LogP contribution is -2.94. The number of piperidine rings is 2. The molecule has 40 heavy (non-hydrogen) atoms. The molecule has 2 saturated carbocycles. The van der Waals surface area contributed by atoms with Crippen molar-refractivity contribution in [3.63, 3.8) is 0 Å². The van der Waals surface area contributed by atoms with Crippen molar-refractivity contribution >= 4 is 12.1 Å². The fourth-order valence-electron chi connectivity index (χ4n) is 8.24. The molecule has 4 fully saturated rings. The van der Waals surface area contributed by atoms with E-state index in [0.29, 0.717) is 23.2 Å². The second-order valence-corrected chi connectivity index (χ2v) is 11.6. The molecule has 2 aromatic carbocycles. The van der Waals surface area contributed by atoms with E-state index in [9.17, 15) is 14.4 Å². The minimum Gasteiger partial charge on any atom is -0.458 e. The number of benzene rings is 2. The van der Waals surface area contributed by atoms with Gasteiger partial charge in [0.25, 0.3) is 5.60 Å². The molecule has 0 amide bonds. The van der Waals surface area contributed by atoms with Gasteiger partial charge in [-0.05, 0) is 13.3 Å². The highest BCUT2D eigenvalue weighted by atomic mass is 16.7. The van der Waals surface area contributed by atoms with E-state index < -0.39 is 23.5 Å². The van der Waals surface area contributed by atoms with E-state index in [-0.39, 0.29) is 29.6 Å². The van der Waals surface area contributed by atoms with E-state index in [1.807, 2.05) is 12.1 Å². The predicted molar refractivity (Wildman–Crippen MR) is 140 cm³/mol. The van der Waals surface area contributed by atoms with Crippen LogP contribution in [0, 0.1) is 12.3 Å². The number of carbonyl (C=O) groups is 2. The van der Waals surface area contributed by atoms with Crippen LogP contribution in [0.5, 0.6) is 0 Å². The Balaban J connectivity index is 1.19. The first-order chi connectivity index (χ1) is 19.4. The Morgan fingerprint density at radius 1 is 0.975 bits per heavy atom. The number of nitrogens with zero attached hydrogens (tertiary/aromatic N) is 1. The van der Waals surface area contributed by atoms with Gasteiger partial charge >= 0.3 is 17.9 Å². The molecular weight excluding hydrogens is 514 g/mol. The minimum atomic E-state index is -1.89. The molecule has 208 valence electrons. The summed E-state index contributed by atoms with van der Waals surface area (Å²) in [5, 5.41) is 0. The Hall–Kier alpha value is -3.85. The summed E-state index contributed by atoms with van der Waals surface area (Å²) in [4.78, 5) is 39.0. The number of hydrogen-bond donors (Lipinski definition) is 0. The van der Waals surface area contributed by atoms with Crippen LogP contribution in [0.4, 0.5) is 4.79 Å². The van der Waals surface area contributed by atoms with Crippen molar-refractivity contribution < 1.29 is 37.1 Å². The Bertz CT molecular complexity index is 1440. The van der Waals surface area contributed by atoms with Crippen LogP contribution >= 0.6 is 0 Å². The fraction of sp³-hybridized carbons (Fsp3) is 0.452. The Morgan fingerprint density at radius 2 is 1.62 bits per heavy atom. The number of fused-ring (bicyclic) bond motifs is 2. The van der Waals surface area contributed by atoms with Crippen molar-refractivity contribution in [2.24, 2.45) is 5.41 Å². The highest BCUT2D eigenvalue weighted by molar-refractivity contribution is 5.88. The summed E-state index contributed by atoms with van der Waals surface area (Å²) < 4.78 is 28.6. The maximum absolute atomic E-state index is 14.4. The molecule has 4 aliphatic rings. The summed E-state index contributed by atoms with van der Waals surface area (Å²) in [5.74, 6) is -1.27. The van der Waals surface area contributed by atoms with Crippen molar-refractivity contribution in [2.75, 3.05) is 13.1 Å². The Morgan fingerprint density at radius 3 is 2.15 bits per heavy atom. The second kappa shape index (κ2) is 9.09. The molecular formula is C31H32NO8+. The van der Waals surface area contributed by atoms with Crippen molar-refractivity contribution in [2.45, 2.75) is 69.4 Å². The first-order valence-electron chi connectivity index (χ1n) is 14.0. The van der Waals surface area contributed by atoms with E-state index in [4.69, 9.17) is 23.0 Å². The molecule has 2 aliphatic carbocycles. The molecule has 4 atom stereocenters. The van der Waals surface area contributed by atoms with Gasteiger partial charge in [-0.15, -0.1) is 0 Å². The molecule has 2 spiro atoms. The molecule has 2 saturated heterocycles. The highest BCUT2D eigenvalue weighted by Gasteiger charge is 2.86. The second-order valence-electron chi connectivity index (χ2n) is 11.6. The van der Waals surface area contributed by atoms with Gasteiger partial charge in [0.05, 0.1) is 13.1 Å². The quantitative estimate of drug-likeness (QED) is 0.313. The summed E-state index contributed by atoms with van der Waals surface area (Å²) in [6, 6.07) is 18.9. The molecule has 9 heteroatoms. The number of rotatable bonds is 7. The highest BCUT2D eigenvalue weighted by Crippen LogP contribution is 2.73. The lowest BCUT2D eigenvalue weighted by molar-refractivity contribution is -1.05. The molecule has 1 aromatic heterocycles. The van der Waals surface area contributed by atoms with Crippen LogP contribution in [0.2, 0.25) is 0 Å². The Kier molecular flexibility index (Phi) is 5.71. The minimum absolute atomic E-state index is 0.0516. The van der Waals surface area contributed by atoms with Crippen LogP contribution < -0.4 is 5.82 Å². The number of aryl methyl sites for hydroxylation is 1. The smallest absolute Gasteiger partial charge is 0.458 e. The van der Waals surface area contributed by atoms with Crippen LogP contribution in [0.15, 0.2) is 74.3 Å². The number of carbonyl (C=O) groups excluding carboxylic acids is 2. The number of quaternary nitrogens is 1. The zero-order valence-corrected chi connectivity index (χ0v) is 22.4. The third-order valence-electron chi connectivity index (χ3n) is 10.1. The van der Waals surface area contributed by atoms with E-state index in [1.165, 1.54) is 43.8 Å². The lowest BCUT2D eigenvalue weighted by atomic mass is 9.39. The summed E-state index contributed by atoms with van der Waals surface area (Å²) in [6.07, 6.45) is 4.33. The standard InChI is InChI=1S/C31H32NO8/c1-20-23(38-29(35)37-20)19-36-28(34)40-31(21-10-4-2-5-11-21,22-12-6-3-7-13-22)27(33)39-26-18-25-30(26)15-14-24(30)32(25)16-8-9-17-32/h2-7,10-13,24-26H,8-9,14-19H2,1H3/q+1. The summed E-state index contributed by atoms with van der Waals surface area (Å²) in [5.41, 5.74) is -0.944. The van der Waals surface area contributed by atoms with Crippen LogP contribution in [0.1, 0.15) is 54.8 Å². The zero-order chi connectivity index (χ0) is 27.5. The van der Waals surface area contributed by atoms with Gasteiger partial charge in [-0.25, -0.2) is 14.4 Å². The third-order valence-corrected chi connectivity index (χ3v) is 10.1. The first-order valence-corrected chi connectivity index (χ1v) is 14.0. The summed E-state index contributed by atoms with van der Waals surface area (Å²) in [7, 11) is 0.